The van der Waals surface area contributed by atoms with Gasteiger partial charge in [0.2, 0.25) is 5.91 Å². The van der Waals surface area contributed by atoms with Crippen molar-refractivity contribution in [1.29, 1.82) is 0 Å². The zero-order chi connectivity index (χ0) is 13.1. The summed E-state index contributed by atoms with van der Waals surface area (Å²) in [6, 6.07) is 5.29. The number of nitrogens with zero attached hydrogens (tertiary/aromatic N) is 1. The van der Waals surface area contributed by atoms with Crippen LogP contribution in [0.4, 0.5) is 0 Å². The van der Waals surface area contributed by atoms with Crippen molar-refractivity contribution in [2.75, 3.05) is 19.6 Å². The van der Waals surface area contributed by atoms with Gasteiger partial charge in [-0.2, -0.15) is 0 Å². The first kappa shape index (κ1) is 12.9. The molecule has 1 aromatic carbocycles. The van der Waals surface area contributed by atoms with Gasteiger partial charge in [0.25, 0.3) is 5.91 Å². The minimum atomic E-state index is -0.0721. The number of benzene rings is 1. The molecule has 1 heterocycles. The van der Waals surface area contributed by atoms with E-state index in [-0.39, 0.29) is 11.8 Å². The first-order chi connectivity index (χ1) is 8.56. The smallest absolute Gasteiger partial charge is 0.253 e. The van der Waals surface area contributed by atoms with Gasteiger partial charge < -0.3 is 10.2 Å². The van der Waals surface area contributed by atoms with Gasteiger partial charge in [0.15, 0.2) is 0 Å². The summed E-state index contributed by atoms with van der Waals surface area (Å²) in [5.41, 5.74) is 1.53. The molecule has 18 heavy (non-hydrogen) atoms. The van der Waals surface area contributed by atoms with E-state index in [1.807, 2.05) is 19.1 Å². The minimum Gasteiger partial charge on any atom is -0.354 e. The lowest BCUT2D eigenvalue weighted by atomic mass is 10.1. The standard InChI is InChI=1S/C13H15ClN2O2/c1-9-6-10(8-11(14)7-9)13(18)16-4-2-12(17)15-3-5-16/h6-8H,2-5H2,1H3,(H,15,17). The third-order valence-corrected chi connectivity index (χ3v) is 3.11. The van der Waals surface area contributed by atoms with Gasteiger partial charge in [-0.05, 0) is 30.7 Å². The molecule has 0 atom stereocenters. The van der Waals surface area contributed by atoms with Crippen LogP contribution in [-0.2, 0) is 4.79 Å². The Bertz CT molecular complexity index is 468. The Balaban J connectivity index is 2.17. The van der Waals surface area contributed by atoms with Crippen molar-refractivity contribution in [3.05, 3.63) is 34.3 Å². The highest BCUT2D eigenvalue weighted by Gasteiger charge is 2.20. The first-order valence-electron chi connectivity index (χ1n) is 5.89. The average molecular weight is 267 g/mol. The average Bonchev–Trinajstić information content (AvgIpc) is 2.52. The predicted molar refractivity (Wildman–Crippen MR) is 69.7 cm³/mol. The topological polar surface area (TPSA) is 49.4 Å². The van der Waals surface area contributed by atoms with Crippen LogP contribution in [-0.4, -0.2) is 36.3 Å². The van der Waals surface area contributed by atoms with E-state index in [4.69, 9.17) is 11.6 Å². The molecule has 0 radical (unpaired) electrons. The normalized spacial score (nSPS) is 16.1. The Morgan fingerprint density at radius 3 is 2.83 bits per heavy atom. The van der Waals surface area contributed by atoms with E-state index in [0.717, 1.165) is 5.56 Å². The van der Waals surface area contributed by atoms with Crippen LogP contribution in [0.3, 0.4) is 0 Å². The second-order valence-electron chi connectivity index (χ2n) is 4.41. The summed E-state index contributed by atoms with van der Waals surface area (Å²) < 4.78 is 0. The highest BCUT2D eigenvalue weighted by atomic mass is 35.5. The first-order valence-corrected chi connectivity index (χ1v) is 6.27. The summed E-state index contributed by atoms with van der Waals surface area (Å²) in [7, 11) is 0. The van der Waals surface area contributed by atoms with Gasteiger partial charge >= 0.3 is 0 Å². The lowest BCUT2D eigenvalue weighted by molar-refractivity contribution is -0.120. The molecule has 1 saturated heterocycles. The summed E-state index contributed by atoms with van der Waals surface area (Å²) in [6.07, 6.45) is 0.352. The van der Waals surface area contributed by atoms with Crippen LogP contribution in [0.15, 0.2) is 18.2 Å². The van der Waals surface area contributed by atoms with Gasteiger partial charge in [-0.25, -0.2) is 0 Å². The molecular formula is C13H15ClN2O2. The highest BCUT2D eigenvalue weighted by molar-refractivity contribution is 6.31. The van der Waals surface area contributed by atoms with Crippen molar-refractivity contribution in [1.82, 2.24) is 10.2 Å². The van der Waals surface area contributed by atoms with Crippen molar-refractivity contribution in [3.63, 3.8) is 0 Å². The number of carbonyl (C=O) groups excluding carboxylic acids is 2. The molecule has 0 saturated carbocycles. The van der Waals surface area contributed by atoms with Crippen molar-refractivity contribution in [2.45, 2.75) is 13.3 Å². The number of halogens is 1. The van der Waals surface area contributed by atoms with Crippen LogP contribution in [0.25, 0.3) is 0 Å². The van der Waals surface area contributed by atoms with E-state index in [2.05, 4.69) is 5.32 Å². The summed E-state index contributed by atoms with van der Waals surface area (Å²) >= 11 is 5.95. The van der Waals surface area contributed by atoms with E-state index in [1.165, 1.54) is 0 Å². The van der Waals surface area contributed by atoms with Gasteiger partial charge in [-0.1, -0.05) is 11.6 Å². The highest BCUT2D eigenvalue weighted by Crippen LogP contribution is 2.16. The van der Waals surface area contributed by atoms with E-state index in [1.54, 1.807) is 11.0 Å². The Labute approximate surface area is 111 Å². The number of hydrogen-bond donors (Lipinski definition) is 1. The lowest BCUT2D eigenvalue weighted by Gasteiger charge is -2.19. The van der Waals surface area contributed by atoms with Crippen LogP contribution in [0.2, 0.25) is 5.02 Å². The van der Waals surface area contributed by atoms with E-state index < -0.39 is 0 Å². The number of aryl methyl sites for hydroxylation is 1. The molecule has 0 aromatic heterocycles. The monoisotopic (exact) mass is 266 g/mol. The Kier molecular flexibility index (Phi) is 3.87. The molecule has 1 aromatic rings. The summed E-state index contributed by atoms with van der Waals surface area (Å²) in [4.78, 5) is 25.2. The van der Waals surface area contributed by atoms with Gasteiger partial charge in [0.1, 0.15) is 0 Å². The lowest BCUT2D eigenvalue weighted by Crippen LogP contribution is -2.34. The van der Waals surface area contributed by atoms with E-state index in [0.29, 0.717) is 36.6 Å². The zero-order valence-corrected chi connectivity index (χ0v) is 11.0. The zero-order valence-electron chi connectivity index (χ0n) is 10.2. The van der Waals surface area contributed by atoms with Gasteiger partial charge in [-0.3, -0.25) is 9.59 Å². The van der Waals surface area contributed by atoms with Crippen molar-refractivity contribution >= 4 is 23.4 Å². The van der Waals surface area contributed by atoms with Crippen LogP contribution < -0.4 is 5.32 Å². The molecule has 1 aliphatic rings. The second-order valence-corrected chi connectivity index (χ2v) is 4.85. The molecule has 1 fully saturated rings. The van der Waals surface area contributed by atoms with E-state index >= 15 is 0 Å². The predicted octanol–water partition coefficient (Wildman–Crippen LogP) is 1.61. The maximum absolute atomic E-state index is 12.3. The molecule has 1 N–H and O–H groups in total. The summed E-state index contributed by atoms with van der Waals surface area (Å²) in [5, 5.41) is 3.30. The largest absolute Gasteiger partial charge is 0.354 e. The molecule has 0 unspecified atom stereocenters. The number of nitrogens with one attached hydrogen (secondary N) is 1. The van der Waals surface area contributed by atoms with Crippen LogP contribution in [0.5, 0.6) is 0 Å². The van der Waals surface area contributed by atoms with Gasteiger partial charge in [0, 0.05) is 36.6 Å². The van der Waals surface area contributed by atoms with Crippen molar-refractivity contribution < 1.29 is 9.59 Å². The number of rotatable bonds is 1. The Morgan fingerprint density at radius 1 is 1.33 bits per heavy atom. The molecule has 2 rings (SSSR count). The van der Waals surface area contributed by atoms with Crippen LogP contribution in [0.1, 0.15) is 22.3 Å². The van der Waals surface area contributed by atoms with Crippen LogP contribution in [0, 0.1) is 6.92 Å². The maximum atomic E-state index is 12.3. The molecule has 2 amide bonds. The van der Waals surface area contributed by atoms with E-state index in [9.17, 15) is 9.59 Å². The molecule has 5 heteroatoms. The third kappa shape index (κ3) is 3.01. The minimum absolute atomic E-state index is 0.00688. The molecule has 1 aliphatic heterocycles. The molecule has 4 nitrogen and oxygen atoms in total. The molecule has 0 spiro atoms. The number of amides is 2. The fourth-order valence-electron chi connectivity index (χ4n) is 2.01. The summed E-state index contributed by atoms with van der Waals surface area (Å²) in [5.74, 6) is -0.0790. The fraction of sp³-hybridized carbons (Fsp3) is 0.385. The second kappa shape index (κ2) is 5.40. The number of carbonyl (C=O) groups is 2. The third-order valence-electron chi connectivity index (χ3n) is 2.89. The Morgan fingerprint density at radius 2 is 2.11 bits per heavy atom. The van der Waals surface area contributed by atoms with Crippen molar-refractivity contribution in [3.8, 4) is 0 Å². The summed E-state index contributed by atoms with van der Waals surface area (Å²) in [6.45, 7) is 3.40. The molecule has 0 bridgehead atoms. The maximum Gasteiger partial charge on any atom is 0.253 e. The SMILES string of the molecule is Cc1cc(Cl)cc(C(=O)N2CCNC(=O)CC2)c1. The van der Waals surface area contributed by atoms with Gasteiger partial charge in [0.05, 0.1) is 0 Å². The Hall–Kier alpha value is -1.55. The molecule has 96 valence electrons. The quantitative estimate of drug-likeness (QED) is 0.840. The molecule has 0 aliphatic carbocycles. The fourth-order valence-corrected chi connectivity index (χ4v) is 2.30. The molecular weight excluding hydrogens is 252 g/mol. The van der Waals surface area contributed by atoms with Crippen molar-refractivity contribution in [2.24, 2.45) is 0 Å². The van der Waals surface area contributed by atoms with Gasteiger partial charge in [-0.15, -0.1) is 0 Å². The number of hydrogen-bond acceptors (Lipinski definition) is 2. The van der Waals surface area contributed by atoms with Crippen LogP contribution >= 0.6 is 11.6 Å².